The summed E-state index contributed by atoms with van der Waals surface area (Å²) in [5.74, 6) is 0. The molecule has 0 spiro atoms. The van der Waals surface area contributed by atoms with Crippen LogP contribution in [0.1, 0.15) is 17.2 Å². The molecule has 3 rings (SSSR count). The van der Waals surface area contributed by atoms with E-state index in [0.717, 1.165) is 16.8 Å². The van der Waals surface area contributed by atoms with Gasteiger partial charge in [-0.1, -0.05) is 29.8 Å². The largest absolute Gasteiger partial charge is 0.378 e. The molecule has 2 aromatic carbocycles. The van der Waals surface area contributed by atoms with Crippen molar-refractivity contribution in [1.29, 1.82) is 5.26 Å². The van der Waals surface area contributed by atoms with Gasteiger partial charge in [-0.3, -0.25) is 4.90 Å². The van der Waals surface area contributed by atoms with Gasteiger partial charge in [-0.2, -0.15) is 9.57 Å². The van der Waals surface area contributed by atoms with E-state index in [1.165, 1.54) is 4.31 Å². The van der Waals surface area contributed by atoms with E-state index in [9.17, 15) is 13.7 Å². The lowest BCUT2D eigenvalue weighted by Gasteiger charge is -2.36. The quantitative estimate of drug-likeness (QED) is 0.775. The Hall–Kier alpha value is -2.40. The summed E-state index contributed by atoms with van der Waals surface area (Å²) in [5, 5.41) is 9.71. The number of hydrogen-bond acceptors (Lipinski definition) is 5. The van der Waals surface area contributed by atoms with Crippen LogP contribution < -0.4 is 4.90 Å². The number of aryl methyl sites for hydroxylation is 1. The molecular weight excluding hydrogens is 372 g/mol. The second-order valence-electron chi connectivity index (χ2n) is 7.27. The average molecular weight is 399 g/mol. The fourth-order valence-corrected chi connectivity index (χ4v) is 4.81. The molecule has 0 amide bonds. The molecule has 6 nitrogen and oxygen atoms in total. The molecule has 28 heavy (non-hydrogen) atoms. The molecule has 1 unspecified atom stereocenters. The predicted molar refractivity (Wildman–Crippen MR) is 111 cm³/mol. The summed E-state index contributed by atoms with van der Waals surface area (Å²) in [4.78, 5) is 4.38. The van der Waals surface area contributed by atoms with E-state index in [2.05, 4.69) is 6.07 Å². The molecule has 0 aliphatic carbocycles. The summed E-state index contributed by atoms with van der Waals surface area (Å²) < 4.78 is 27.2. The number of rotatable bonds is 5. The molecule has 0 saturated carbocycles. The number of sulfonamides is 1. The highest BCUT2D eigenvalue weighted by Crippen LogP contribution is 2.25. The van der Waals surface area contributed by atoms with E-state index >= 15 is 0 Å². The van der Waals surface area contributed by atoms with Crippen LogP contribution in [0.4, 0.5) is 5.69 Å². The highest BCUT2D eigenvalue weighted by Gasteiger charge is 2.31. The molecule has 1 fully saturated rings. The molecule has 2 aromatic rings. The summed E-state index contributed by atoms with van der Waals surface area (Å²) >= 11 is 0. The number of nitrogens with zero attached hydrogens (tertiary/aromatic N) is 4. The third kappa shape index (κ3) is 4.20. The van der Waals surface area contributed by atoms with Gasteiger partial charge in [0.1, 0.15) is 6.04 Å². The van der Waals surface area contributed by atoms with Gasteiger partial charge in [0.2, 0.25) is 10.0 Å². The topological polar surface area (TPSA) is 67.6 Å². The molecule has 1 saturated heterocycles. The van der Waals surface area contributed by atoms with Crippen molar-refractivity contribution in [2.24, 2.45) is 0 Å². The van der Waals surface area contributed by atoms with Crippen molar-refractivity contribution in [1.82, 2.24) is 9.21 Å². The van der Waals surface area contributed by atoms with Gasteiger partial charge in [-0.05, 0) is 36.8 Å². The molecule has 1 aliphatic heterocycles. The molecule has 0 radical (unpaired) electrons. The van der Waals surface area contributed by atoms with Crippen LogP contribution in [0.2, 0.25) is 0 Å². The smallest absolute Gasteiger partial charge is 0.243 e. The van der Waals surface area contributed by atoms with Crippen LogP contribution in [0.3, 0.4) is 0 Å². The van der Waals surface area contributed by atoms with Gasteiger partial charge >= 0.3 is 0 Å². The summed E-state index contributed by atoms with van der Waals surface area (Å²) in [6, 6.07) is 16.9. The molecule has 0 bridgehead atoms. The minimum atomic E-state index is -3.50. The predicted octanol–water partition coefficient (Wildman–Crippen LogP) is 2.63. The van der Waals surface area contributed by atoms with Crippen LogP contribution in [-0.2, 0) is 10.0 Å². The van der Waals surface area contributed by atoms with Gasteiger partial charge in [0, 0.05) is 46.0 Å². The van der Waals surface area contributed by atoms with Crippen LogP contribution in [0.5, 0.6) is 0 Å². The van der Waals surface area contributed by atoms with Crippen LogP contribution in [-0.4, -0.2) is 57.9 Å². The molecule has 7 heteroatoms. The zero-order valence-corrected chi connectivity index (χ0v) is 17.4. The number of anilines is 1. The van der Waals surface area contributed by atoms with E-state index in [1.54, 1.807) is 12.1 Å². The van der Waals surface area contributed by atoms with Crippen molar-refractivity contribution < 1.29 is 8.42 Å². The Morgan fingerprint density at radius 3 is 2.04 bits per heavy atom. The van der Waals surface area contributed by atoms with Gasteiger partial charge in [-0.15, -0.1) is 0 Å². The molecule has 1 aliphatic rings. The molecule has 1 heterocycles. The molecular formula is C21H26N4O2S. The third-order valence-corrected chi connectivity index (χ3v) is 7.06. The lowest BCUT2D eigenvalue weighted by Crippen LogP contribution is -2.49. The maximum absolute atomic E-state index is 12.9. The first-order valence-corrected chi connectivity index (χ1v) is 10.7. The van der Waals surface area contributed by atoms with E-state index in [0.29, 0.717) is 31.1 Å². The monoisotopic (exact) mass is 398 g/mol. The molecule has 0 aromatic heterocycles. The minimum absolute atomic E-state index is 0.322. The number of hydrogen-bond donors (Lipinski definition) is 0. The maximum Gasteiger partial charge on any atom is 0.243 e. The van der Waals surface area contributed by atoms with Crippen molar-refractivity contribution in [2.45, 2.75) is 17.9 Å². The Bertz CT molecular complexity index is 939. The zero-order valence-electron chi connectivity index (χ0n) is 16.5. The SMILES string of the molecule is Cc1ccc(S(=O)(=O)N2CCN(C(C#N)c3ccc(N(C)C)cc3)CC2)cc1. The van der Waals surface area contributed by atoms with Crippen LogP contribution in [0, 0.1) is 18.3 Å². The van der Waals surface area contributed by atoms with E-state index < -0.39 is 10.0 Å². The van der Waals surface area contributed by atoms with Gasteiger partial charge in [0.05, 0.1) is 11.0 Å². The maximum atomic E-state index is 12.9. The average Bonchev–Trinajstić information content (AvgIpc) is 2.70. The number of nitriles is 1. The van der Waals surface area contributed by atoms with Gasteiger partial charge < -0.3 is 4.90 Å². The molecule has 1 atom stereocenters. The summed E-state index contributed by atoms with van der Waals surface area (Å²) in [5.41, 5.74) is 3.04. The van der Waals surface area contributed by atoms with Crippen LogP contribution in [0.25, 0.3) is 0 Å². The second-order valence-corrected chi connectivity index (χ2v) is 9.21. The normalized spacial score (nSPS) is 17.1. The van der Waals surface area contributed by atoms with Crippen LogP contribution in [0.15, 0.2) is 53.4 Å². The van der Waals surface area contributed by atoms with Crippen molar-refractivity contribution in [3.05, 3.63) is 59.7 Å². The Balaban J connectivity index is 1.70. The fraction of sp³-hybridized carbons (Fsp3) is 0.381. The Morgan fingerprint density at radius 2 is 1.54 bits per heavy atom. The highest BCUT2D eigenvalue weighted by atomic mass is 32.2. The standard InChI is InChI=1S/C21H26N4O2S/c1-17-4-10-20(11-5-17)28(26,27)25-14-12-24(13-15-25)21(16-22)18-6-8-19(9-7-18)23(2)3/h4-11,21H,12-15H2,1-3H3. The van der Waals surface area contributed by atoms with Crippen LogP contribution >= 0.6 is 0 Å². The highest BCUT2D eigenvalue weighted by molar-refractivity contribution is 7.89. The molecule has 0 N–H and O–H groups in total. The minimum Gasteiger partial charge on any atom is -0.378 e. The third-order valence-electron chi connectivity index (χ3n) is 5.14. The van der Waals surface area contributed by atoms with E-state index in [-0.39, 0.29) is 6.04 Å². The Kier molecular flexibility index (Phi) is 6.04. The van der Waals surface area contributed by atoms with Gasteiger partial charge in [0.25, 0.3) is 0 Å². The summed E-state index contributed by atoms with van der Waals surface area (Å²) in [6.07, 6.45) is 0. The summed E-state index contributed by atoms with van der Waals surface area (Å²) in [6.45, 7) is 3.74. The van der Waals surface area contributed by atoms with Crippen molar-refractivity contribution in [3.63, 3.8) is 0 Å². The zero-order chi connectivity index (χ0) is 20.3. The second kappa shape index (κ2) is 8.31. The lowest BCUT2D eigenvalue weighted by atomic mass is 10.1. The first-order valence-electron chi connectivity index (χ1n) is 9.30. The van der Waals surface area contributed by atoms with Crippen molar-refractivity contribution >= 4 is 15.7 Å². The summed E-state index contributed by atoms with van der Waals surface area (Å²) in [7, 11) is 0.457. The Morgan fingerprint density at radius 1 is 0.964 bits per heavy atom. The van der Waals surface area contributed by atoms with Crippen molar-refractivity contribution in [2.75, 3.05) is 45.2 Å². The van der Waals surface area contributed by atoms with Gasteiger partial charge in [0.15, 0.2) is 0 Å². The molecule has 148 valence electrons. The first kappa shape index (κ1) is 20.3. The lowest BCUT2D eigenvalue weighted by molar-refractivity contribution is 0.162. The first-order chi connectivity index (χ1) is 13.3. The number of benzene rings is 2. The van der Waals surface area contributed by atoms with E-state index in [4.69, 9.17) is 0 Å². The Labute approximate surface area is 167 Å². The van der Waals surface area contributed by atoms with Gasteiger partial charge in [-0.25, -0.2) is 8.42 Å². The number of piperazine rings is 1. The fourth-order valence-electron chi connectivity index (χ4n) is 3.38. The van der Waals surface area contributed by atoms with E-state index in [1.807, 2.05) is 67.2 Å². The van der Waals surface area contributed by atoms with Crippen molar-refractivity contribution in [3.8, 4) is 6.07 Å².